The van der Waals surface area contributed by atoms with Crippen molar-refractivity contribution in [1.82, 2.24) is 5.32 Å². The predicted octanol–water partition coefficient (Wildman–Crippen LogP) is 6.25. The number of nitrogens with one attached hydrogen (secondary N) is 1. The van der Waals surface area contributed by atoms with E-state index in [1.54, 1.807) is 19.2 Å². The maximum Gasteiger partial charge on any atom is 0.269 e. The fourth-order valence-corrected chi connectivity index (χ4v) is 4.05. The Morgan fingerprint density at radius 2 is 1.70 bits per heavy atom. The van der Waals surface area contributed by atoms with Gasteiger partial charge < -0.3 is 14.8 Å². The summed E-state index contributed by atoms with van der Waals surface area (Å²) in [4.78, 5) is 10.4. The first-order chi connectivity index (χ1) is 13.9. The van der Waals surface area contributed by atoms with Crippen LogP contribution in [0.3, 0.4) is 0 Å². The molecule has 0 aromatic heterocycles. The smallest absolute Gasteiger partial charge is 0.269 e. The molecule has 2 aromatic rings. The van der Waals surface area contributed by atoms with E-state index in [4.69, 9.17) is 9.47 Å². The fourth-order valence-electron chi connectivity index (χ4n) is 3.58. The lowest BCUT2D eigenvalue weighted by atomic mass is 9.82. The third-order valence-corrected chi connectivity index (χ3v) is 5.34. The van der Waals surface area contributed by atoms with E-state index in [2.05, 4.69) is 55.9 Å². The molecule has 6 nitrogen and oxygen atoms in total. The van der Waals surface area contributed by atoms with Crippen LogP contribution in [0.5, 0.6) is 11.5 Å². The highest BCUT2D eigenvalue weighted by Crippen LogP contribution is 2.35. The van der Waals surface area contributed by atoms with Crippen LogP contribution < -0.4 is 14.8 Å². The minimum Gasteiger partial charge on any atom is -0.493 e. The first kappa shape index (κ1) is 24.2. The summed E-state index contributed by atoms with van der Waals surface area (Å²) < 4.78 is 12.4. The van der Waals surface area contributed by atoms with Crippen molar-refractivity contribution in [2.45, 2.75) is 59.7 Å². The highest BCUT2D eigenvalue weighted by atomic mass is 79.9. The standard InChI is InChI=1S/C23H31BrN2O4/c1-22(2,3)15-23(4,5)25-13-17-11-20(29-6)21(12-19(17)24)30-14-16-7-9-18(10-8-16)26(27)28/h7-12,25H,13-15H2,1-6H3. The predicted molar refractivity (Wildman–Crippen MR) is 123 cm³/mol. The number of methoxy groups -OCH3 is 1. The summed E-state index contributed by atoms with van der Waals surface area (Å²) in [6.45, 7) is 12.1. The van der Waals surface area contributed by atoms with Crippen molar-refractivity contribution >= 4 is 21.6 Å². The third-order valence-electron chi connectivity index (χ3n) is 4.60. The van der Waals surface area contributed by atoms with Crippen molar-refractivity contribution in [1.29, 1.82) is 0 Å². The molecule has 2 rings (SSSR count). The summed E-state index contributed by atoms with van der Waals surface area (Å²) in [5.74, 6) is 1.26. The Hall–Kier alpha value is -2.12. The minimum absolute atomic E-state index is 0.00395. The van der Waals surface area contributed by atoms with Crippen molar-refractivity contribution in [3.05, 3.63) is 62.1 Å². The van der Waals surface area contributed by atoms with E-state index in [-0.39, 0.29) is 23.2 Å². The minimum atomic E-state index is -0.416. The lowest BCUT2D eigenvalue weighted by molar-refractivity contribution is -0.384. The summed E-state index contributed by atoms with van der Waals surface area (Å²) in [7, 11) is 1.61. The number of rotatable bonds is 9. The van der Waals surface area contributed by atoms with Gasteiger partial charge in [0.1, 0.15) is 6.61 Å². The number of nitro groups is 1. The van der Waals surface area contributed by atoms with Crippen molar-refractivity contribution in [2.24, 2.45) is 5.41 Å². The van der Waals surface area contributed by atoms with Crippen molar-refractivity contribution in [2.75, 3.05) is 7.11 Å². The molecular formula is C23H31BrN2O4. The molecule has 0 heterocycles. The van der Waals surface area contributed by atoms with Crippen molar-refractivity contribution in [3.63, 3.8) is 0 Å². The Morgan fingerprint density at radius 3 is 2.23 bits per heavy atom. The van der Waals surface area contributed by atoms with E-state index in [1.165, 1.54) is 12.1 Å². The molecule has 0 spiro atoms. The van der Waals surface area contributed by atoms with Gasteiger partial charge in [-0.2, -0.15) is 0 Å². The van der Waals surface area contributed by atoms with Gasteiger partial charge in [-0.3, -0.25) is 10.1 Å². The second kappa shape index (κ2) is 9.79. The molecule has 2 aromatic carbocycles. The highest BCUT2D eigenvalue weighted by Gasteiger charge is 2.25. The van der Waals surface area contributed by atoms with Gasteiger partial charge in [0.15, 0.2) is 11.5 Å². The quantitative estimate of drug-likeness (QED) is 0.340. The van der Waals surface area contributed by atoms with Crippen LogP contribution >= 0.6 is 15.9 Å². The zero-order chi connectivity index (χ0) is 22.5. The molecule has 0 saturated heterocycles. The molecule has 164 valence electrons. The Kier molecular flexibility index (Phi) is 7.88. The zero-order valence-electron chi connectivity index (χ0n) is 18.5. The van der Waals surface area contributed by atoms with E-state index < -0.39 is 4.92 Å². The molecule has 1 N–H and O–H groups in total. The van der Waals surface area contributed by atoms with Gasteiger partial charge in [-0.15, -0.1) is 0 Å². The average Bonchev–Trinajstić information content (AvgIpc) is 2.64. The molecule has 30 heavy (non-hydrogen) atoms. The lowest BCUT2D eigenvalue weighted by Crippen LogP contribution is -2.41. The molecule has 0 aliphatic carbocycles. The highest BCUT2D eigenvalue weighted by molar-refractivity contribution is 9.10. The SMILES string of the molecule is COc1cc(CNC(C)(C)CC(C)(C)C)c(Br)cc1OCc1ccc([N+](=O)[O-])cc1. The van der Waals surface area contributed by atoms with Crippen LogP contribution in [-0.4, -0.2) is 17.6 Å². The monoisotopic (exact) mass is 478 g/mol. The number of benzene rings is 2. The van der Waals surface area contributed by atoms with Crippen LogP contribution in [0, 0.1) is 15.5 Å². The molecular weight excluding hydrogens is 448 g/mol. The summed E-state index contributed by atoms with van der Waals surface area (Å²) in [6, 6.07) is 10.2. The van der Waals surface area contributed by atoms with Crippen LogP contribution in [0.15, 0.2) is 40.9 Å². The summed E-state index contributed by atoms with van der Waals surface area (Å²) in [5, 5.41) is 14.4. The van der Waals surface area contributed by atoms with E-state index in [0.29, 0.717) is 18.0 Å². The Bertz CT molecular complexity index is 874. The molecule has 0 fully saturated rings. The van der Waals surface area contributed by atoms with Crippen LogP contribution in [0.1, 0.15) is 52.2 Å². The second-order valence-electron chi connectivity index (χ2n) is 9.28. The zero-order valence-corrected chi connectivity index (χ0v) is 20.1. The normalized spacial score (nSPS) is 12.0. The first-order valence-electron chi connectivity index (χ1n) is 9.88. The van der Waals surface area contributed by atoms with E-state index >= 15 is 0 Å². The number of hydrogen-bond donors (Lipinski definition) is 1. The van der Waals surface area contributed by atoms with Gasteiger partial charge in [0.05, 0.1) is 12.0 Å². The Labute approximate surface area is 187 Å². The Morgan fingerprint density at radius 1 is 1.07 bits per heavy atom. The van der Waals surface area contributed by atoms with Gasteiger partial charge in [0.25, 0.3) is 5.69 Å². The first-order valence-corrected chi connectivity index (χ1v) is 10.7. The van der Waals surface area contributed by atoms with Crippen molar-refractivity contribution < 1.29 is 14.4 Å². The van der Waals surface area contributed by atoms with Crippen LogP contribution in [-0.2, 0) is 13.2 Å². The molecule has 0 amide bonds. The van der Waals surface area contributed by atoms with Gasteiger partial charge in [-0.05, 0) is 61.1 Å². The van der Waals surface area contributed by atoms with Crippen LogP contribution in [0.25, 0.3) is 0 Å². The van der Waals surface area contributed by atoms with Crippen LogP contribution in [0.2, 0.25) is 0 Å². The maximum absolute atomic E-state index is 10.8. The van der Waals surface area contributed by atoms with Gasteiger partial charge >= 0.3 is 0 Å². The average molecular weight is 479 g/mol. The lowest BCUT2D eigenvalue weighted by Gasteiger charge is -2.33. The number of ether oxygens (including phenoxy) is 2. The summed E-state index contributed by atoms with van der Waals surface area (Å²) in [5.41, 5.74) is 2.21. The van der Waals surface area contributed by atoms with E-state index in [1.807, 2.05) is 12.1 Å². The molecule has 0 atom stereocenters. The maximum atomic E-state index is 10.8. The fraction of sp³-hybridized carbons (Fsp3) is 0.478. The van der Waals surface area contributed by atoms with Gasteiger partial charge in [-0.25, -0.2) is 0 Å². The van der Waals surface area contributed by atoms with E-state index in [9.17, 15) is 10.1 Å². The molecule has 0 saturated carbocycles. The largest absolute Gasteiger partial charge is 0.493 e. The second-order valence-corrected chi connectivity index (χ2v) is 10.1. The summed E-state index contributed by atoms with van der Waals surface area (Å²) >= 11 is 3.64. The molecule has 0 unspecified atom stereocenters. The molecule has 0 aliphatic heterocycles. The number of non-ortho nitro benzene ring substituents is 1. The van der Waals surface area contributed by atoms with Crippen molar-refractivity contribution in [3.8, 4) is 11.5 Å². The van der Waals surface area contributed by atoms with Gasteiger partial charge in [-0.1, -0.05) is 36.7 Å². The third kappa shape index (κ3) is 7.29. The number of nitrogens with zero attached hydrogens (tertiary/aromatic N) is 1. The molecule has 0 radical (unpaired) electrons. The number of hydrogen-bond acceptors (Lipinski definition) is 5. The number of nitro benzene ring substituents is 1. The summed E-state index contributed by atoms with van der Waals surface area (Å²) in [6.07, 6.45) is 1.05. The van der Waals surface area contributed by atoms with Gasteiger partial charge in [0.2, 0.25) is 0 Å². The van der Waals surface area contributed by atoms with Crippen LogP contribution in [0.4, 0.5) is 5.69 Å². The Balaban J connectivity index is 2.08. The van der Waals surface area contributed by atoms with E-state index in [0.717, 1.165) is 22.0 Å². The molecule has 7 heteroatoms. The molecule has 0 aliphatic rings. The topological polar surface area (TPSA) is 73.6 Å². The molecule has 0 bridgehead atoms. The van der Waals surface area contributed by atoms with Gasteiger partial charge in [0, 0.05) is 28.7 Å². The number of halogens is 1.